The monoisotopic (exact) mass is 394 g/mol. The maximum atomic E-state index is 13.2. The summed E-state index contributed by atoms with van der Waals surface area (Å²) in [6.07, 6.45) is 7.80. The molecule has 4 aliphatic carbocycles. The number of benzene rings is 1. The van der Waals surface area contributed by atoms with Crippen LogP contribution in [0, 0.1) is 17.8 Å². The molecule has 1 aromatic carbocycles. The molecule has 4 saturated carbocycles. The number of rotatable bonds is 6. The number of carbonyl (C=O) groups excluding carboxylic acids is 1. The van der Waals surface area contributed by atoms with Crippen LogP contribution in [0.15, 0.2) is 47.8 Å². The van der Waals surface area contributed by atoms with Gasteiger partial charge in [0.15, 0.2) is 0 Å². The molecule has 148 valence electrons. The first kappa shape index (κ1) is 18.4. The smallest absolute Gasteiger partial charge is 0.237 e. The van der Waals surface area contributed by atoms with Crippen molar-refractivity contribution in [3.8, 4) is 0 Å². The molecule has 6 rings (SSSR count). The molecule has 1 heterocycles. The Bertz CT molecular complexity index is 781. The van der Waals surface area contributed by atoms with Crippen LogP contribution >= 0.6 is 11.3 Å². The van der Waals surface area contributed by atoms with Crippen molar-refractivity contribution in [1.29, 1.82) is 0 Å². The van der Waals surface area contributed by atoms with Gasteiger partial charge < -0.3 is 5.32 Å². The molecular weight excluding hydrogens is 364 g/mol. The molecule has 1 amide bonds. The van der Waals surface area contributed by atoms with Crippen molar-refractivity contribution >= 4 is 17.2 Å². The van der Waals surface area contributed by atoms with Crippen molar-refractivity contribution in [2.75, 3.05) is 0 Å². The minimum absolute atomic E-state index is 0.0540. The fourth-order valence-electron chi connectivity index (χ4n) is 6.40. The van der Waals surface area contributed by atoms with Crippen LogP contribution in [0.3, 0.4) is 0 Å². The van der Waals surface area contributed by atoms with E-state index >= 15 is 0 Å². The van der Waals surface area contributed by atoms with Gasteiger partial charge in [0.1, 0.15) is 0 Å². The van der Waals surface area contributed by atoms with Gasteiger partial charge in [0.25, 0.3) is 0 Å². The van der Waals surface area contributed by atoms with E-state index in [1.807, 2.05) is 13.0 Å². The minimum Gasteiger partial charge on any atom is -0.349 e. The average Bonchev–Trinajstić information content (AvgIpc) is 3.19. The summed E-state index contributed by atoms with van der Waals surface area (Å²) in [7, 11) is 0. The highest BCUT2D eigenvalue weighted by Crippen LogP contribution is 2.55. The number of nitrogens with one attached hydrogen (secondary N) is 2. The van der Waals surface area contributed by atoms with E-state index in [2.05, 4.69) is 52.4 Å². The predicted octanol–water partition coefficient (Wildman–Crippen LogP) is 4.90. The van der Waals surface area contributed by atoms with Crippen molar-refractivity contribution < 1.29 is 4.79 Å². The first-order valence-electron chi connectivity index (χ1n) is 10.8. The molecule has 4 aliphatic rings. The van der Waals surface area contributed by atoms with Gasteiger partial charge in [0.2, 0.25) is 5.91 Å². The minimum atomic E-state index is -0.222. The van der Waals surface area contributed by atoms with Crippen molar-refractivity contribution in [2.24, 2.45) is 17.8 Å². The quantitative estimate of drug-likeness (QED) is 0.732. The van der Waals surface area contributed by atoms with Crippen LogP contribution in [0.25, 0.3) is 0 Å². The van der Waals surface area contributed by atoms with Crippen LogP contribution in [-0.4, -0.2) is 17.5 Å². The SMILES string of the molecule is C[C@H](N[C@@H](c1ccccc1)c1cccs1)C(=O)NC12CC3CC(CC(C3)C1)C2. The Hall–Kier alpha value is -1.65. The zero-order valence-corrected chi connectivity index (χ0v) is 17.4. The van der Waals surface area contributed by atoms with E-state index in [1.54, 1.807) is 11.3 Å². The Morgan fingerprint density at radius 1 is 1.00 bits per heavy atom. The molecule has 4 bridgehead atoms. The summed E-state index contributed by atoms with van der Waals surface area (Å²) in [4.78, 5) is 14.4. The van der Waals surface area contributed by atoms with Gasteiger partial charge in [-0.25, -0.2) is 0 Å². The molecule has 4 fully saturated rings. The first-order valence-corrected chi connectivity index (χ1v) is 11.6. The normalized spacial score (nSPS) is 32.8. The number of amides is 1. The first-order chi connectivity index (χ1) is 13.6. The molecule has 0 spiro atoms. The highest BCUT2D eigenvalue weighted by molar-refractivity contribution is 7.10. The topological polar surface area (TPSA) is 41.1 Å². The van der Waals surface area contributed by atoms with Gasteiger partial charge in [-0.2, -0.15) is 0 Å². The predicted molar refractivity (Wildman–Crippen MR) is 114 cm³/mol. The Kier molecular flexibility index (Phi) is 4.80. The summed E-state index contributed by atoms with van der Waals surface area (Å²) in [6.45, 7) is 2.01. The van der Waals surface area contributed by atoms with Crippen molar-refractivity contribution in [3.63, 3.8) is 0 Å². The maximum Gasteiger partial charge on any atom is 0.237 e. The van der Waals surface area contributed by atoms with E-state index in [1.165, 1.54) is 49.0 Å². The van der Waals surface area contributed by atoms with Crippen LogP contribution in [0.4, 0.5) is 0 Å². The number of hydrogen-bond acceptors (Lipinski definition) is 3. The van der Waals surface area contributed by atoms with E-state index in [4.69, 9.17) is 0 Å². The van der Waals surface area contributed by atoms with Gasteiger partial charge >= 0.3 is 0 Å². The second-order valence-corrected chi connectivity index (χ2v) is 10.4. The lowest BCUT2D eigenvalue weighted by molar-refractivity contribution is -0.128. The van der Waals surface area contributed by atoms with E-state index < -0.39 is 0 Å². The third-order valence-corrected chi connectivity index (χ3v) is 8.13. The molecular formula is C24H30N2OS. The van der Waals surface area contributed by atoms with Gasteiger partial charge in [-0.15, -0.1) is 11.3 Å². The summed E-state index contributed by atoms with van der Waals surface area (Å²) in [6, 6.07) is 14.5. The molecule has 28 heavy (non-hydrogen) atoms. The molecule has 4 heteroatoms. The van der Waals surface area contributed by atoms with Gasteiger partial charge in [-0.3, -0.25) is 10.1 Å². The van der Waals surface area contributed by atoms with Gasteiger partial charge in [0, 0.05) is 10.4 Å². The summed E-state index contributed by atoms with van der Waals surface area (Å²) >= 11 is 1.74. The molecule has 2 N–H and O–H groups in total. The lowest BCUT2D eigenvalue weighted by atomic mass is 9.53. The van der Waals surface area contributed by atoms with Crippen LogP contribution in [0.1, 0.15) is 61.9 Å². The molecule has 0 saturated heterocycles. The Morgan fingerprint density at radius 2 is 1.64 bits per heavy atom. The van der Waals surface area contributed by atoms with Gasteiger partial charge in [0.05, 0.1) is 12.1 Å². The average molecular weight is 395 g/mol. The third kappa shape index (κ3) is 3.53. The molecule has 0 aliphatic heterocycles. The Balaban J connectivity index is 1.30. The summed E-state index contributed by atoms with van der Waals surface area (Å²) in [5.41, 5.74) is 1.28. The number of carbonyl (C=O) groups is 1. The fraction of sp³-hybridized carbons (Fsp3) is 0.542. The van der Waals surface area contributed by atoms with E-state index in [-0.39, 0.29) is 23.5 Å². The van der Waals surface area contributed by atoms with Crippen molar-refractivity contribution in [1.82, 2.24) is 10.6 Å². The zero-order valence-electron chi connectivity index (χ0n) is 16.6. The molecule has 2 atom stereocenters. The second kappa shape index (κ2) is 7.31. The molecule has 2 aromatic rings. The lowest BCUT2D eigenvalue weighted by Gasteiger charge is -2.57. The van der Waals surface area contributed by atoms with E-state index in [9.17, 15) is 4.79 Å². The highest BCUT2D eigenvalue weighted by Gasteiger charge is 2.51. The lowest BCUT2D eigenvalue weighted by Crippen LogP contribution is -2.62. The summed E-state index contributed by atoms with van der Waals surface area (Å²) in [5.74, 6) is 2.70. The third-order valence-electron chi connectivity index (χ3n) is 7.20. The van der Waals surface area contributed by atoms with Crippen molar-refractivity contribution in [3.05, 3.63) is 58.3 Å². The van der Waals surface area contributed by atoms with E-state index in [0.717, 1.165) is 17.8 Å². The van der Waals surface area contributed by atoms with E-state index in [0.29, 0.717) is 0 Å². The standard InChI is InChI=1S/C24H30N2OS/c1-16(25-22(21-8-5-9-28-21)20-6-3-2-4-7-20)23(27)26-24-13-17-10-18(14-24)12-19(11-17)15-24/h2-9,16-19,22,25H,10-15H2,1H3,(H,26,27)/t16-,17?,18?,19?,22-,24?/m0/s1. The largest absolute Gasteiger partial charge is 0.349 e. The summed E-state index contributed by atoms with van der Waals surface area (Å²) in [5, 5.41) is 9.25. The fourth-order valence-corrected chi connectivity index (χ4v) is 7.21. The van der Waals surface area contributed by atoms with Crippen LogP contribution in [0.5, 0.6) is 0 Å². The Labute approximate surface area is 171 Å². The zero-order chi connectivity index (χ0) is 19.1. The number of thiophene rings is 1. The van der Waals surface area contributed by atoms with Gasteiger partial charge in [-0.05, 0) is 80.2 Å². The Morgan fingerprint density at radius 3 is 2.21 bits per heavy atom. The molecule has 1 aromatic heterocycles. The van der Waals surface area contributed by atoms with Crippen LogP contribution < -0.4 is 10.6 Å². The second-order valence-electron chi connectivity index (χ2n) is 9.43. The van der Waals surface area contributed by atoms with Gasteiger partial charge in [-0.1, -0.05) is 36.4 Å². The highest BCUT2D eigenvalue weighted by atomic mass is 32.1. The molecule has 3 nitrogen and oxygen atoms in total. The summed E-state index contributed by atoms with van der Waals surface area (Å²) < 4.78 is 0. The van der Waals surface area contributed by atoms with Crippen LogP contribution in [0.2, 0.25) is 0 Å². The molecule has 0 radical (unpaired) electrons. The number of hydrogen-bond donors (Lipinski definition) is 2. The maximum absolute atomic E-state index is 13.2. The molecule has 0 unspecified atom stereocenters. The van der Waals surface area contributed by atoms with Crippen molar-refractivity contribution in [2.45, 2.75) is 63.1 Å². The van der Waals surface area contributed by atoms with Crippen LogP contribution in [-0.2, 0) is 4.79 Å².